The van der Waals surface area contributed by atoms with E-state index in [0.29, 0.717) is 9.26 Å². The number of pyridine rings is 1. The number of halogens is 4. The summed E-state index contributed by atoms with van der Waals surface area (Å²) in [4.78, 5) is 3.93. The van der Waals surface area contributed by atoms with Crippen molar-refractivity contribution in [2.24, 2.45) is 0 Å². The molecule has 0 amide bonds. The van der Waals surface area contributed by atoms with E-state index in [1.54, 1.807) is 22.6 Å². The first-order valence-electron chi connectivity index (χ1n) is 3.99. The van der Waals surface area contributed by atoms with Crippen molar-refractivity contribution in [3.05, 3.63) is 26.6 Å². The lowest BCUT2D eigenvalue weighted by Crippen LogP contribution is -2.04. The van der Waals surface area contributed by atoms with Crippen molar-refractivity contribution in [2.75, 3.05) is 0 Å². The number of hydrogen-bond acceptors (Lipinski definition) is 2. The Balaban J connectivity index is 3.34. The highest BCUT2D eigenvalue weighted by atomic mass is 127. The SMILES string of the molecule is N#CCc1ncc(I)c(C(F)F)c1CCl. The van der Waals surface area contributed by atoms with Gasteiger partial charge in [-0.2, -0.15) is 5.26 Å². The van der Waals surface area contributed by atoms with E-state index in [-0.39, 0.29) is 23.4 Å². The maximum atomic E-state index is 12.7. The summed E-state index contributed by atoms with van der Waals surface area (Å²) in [7, 11) is 0. The van der Waals surface area contributed by atoms with E-state index in [0.717, 1.165) is 0 Å². The normalized spacial score (nSPS) is 10.4. The van der Waals surface area contributed by atoms with Crippen LogP contribution in [0.4, 0.5) is 8.78 Å². The van der Waals surface area contributed by atoms with Crippen LogP contribution < -0.4 is 0 Å². The van der Waals surface area contributed by atoms with Crippen molar-refractivity contribution in [1.82, 2.24) is 4.98 Å². The third-order valence-electron chi connectivity index (χ3n) is 1.86. The molecule has 1 aromatic rings. The molecule has 6 heteroatoms. The van der Waals surface area contributed by atoms with Crippen molar-refractivity contribution in [1.29, 1.82) is 5.26 Å². The average Bonchev–Trinajstić information content (AvgIpc) is 2.19. The Bertz CT molecular complexity index is 404. The van der Waals surface area contributed by atoms with Gasteiger partial charge in [-0.1, -0.05) is 0 Å². The molecule has 0 atom stereocenters. The smallest absolute Gasteiger partial charge is 0.259 e. The molecule has 0 aliphatic heterocycles. The maximum Gasteiger partial charge on any atom is 0.265 e. The molecule has 0 spiro atoms. The lowest BCUT2D eigenvalue weighted by Gasteiger charge is -2.11. The maximum absolute atomic E-state index is 12.7. The quantitative estimate of drug-likeness (QED) is 0.623. The Morgan fingerprint density at radius 2 is 2.27 bits per heavy atom. The molecule has 80 valence electrons. The summed E-state index contributed by atoms with van der Waals surface area (Å²) in [5.74, 6) is -0.0550. The molecule has 1 aromatic heterocycles. The highest BCUT2D eigenvalue weighted by molar-refractivity contribution is 14.1. The second-order valence-corrected chi connectivity index (χ2v) is 4.14. The lowest BCUT2D eigenvalue weighted by molar-refractivity contribution is 0.149. The molecule has 2 nitrogen and oxygen atoms in total. The summed E-state index contributed by atoms with van der Waals surface area (Å²) in [5, 5.41) is 8.52. The van der Waals surface area contributed by atoms with E-state index < -0.39 is 6.43 Å². The topological polar surface area (TPSA) is 36.7 Å². The highest BCUT2D eigenvalue weighted by Gasteiger charge is 2.19. The first kappa shape index (κ1) is 12.6. The largest absolute Gasteiger partial charge is 0.265 e. The summed E-state index contributed by atoms with van der Waals surface area (Å²) >= 11 is 7.39. The molecule has 0 fully saturated rings. The Hall–Kier alpha value is -0.480. The molecule has 0 N–H and O–H groups in total. The van der Waals surface area contributed by atoms with Gasteiger partial charge < -0.3 is 0 Å². The van der Waals surface area contributed by atoms with E-state index in [2.05, 4.69) is 4.98 Å². The predicted octanol–water partition coefficient (Wildman–Crippen LogP) is 3.43. The number of rotatable bonds is 3. The van der Waals surface area contributed by atoms with Gasteiger partial charge in [0.05, 0.1) is 18.2 Å². The summed E-state index contributed by atoms with van der Waals surface area (Å²) in [6.07, 6.45) is -1.25. The molecule has 0 radical (unpaired) electrons. The summed E-state index contributed by atoms with van der Waals surface area (Å²) in [6.45, 7) is 0. The Morgan fingerprint density at radius 3 is 2.73 bits per heavy atom. The van der Waals surface area contributed by atoms with Gasteiger partial charge in [-0.15, -0.1) is 11.6 Å². The third-order valence-corrected chi connectivity index (χ3v) is 2.99. The van der Waals surface area contributed by atoms with Gasteiger partial charge in [0.15, 0.2) is 0 Å². The molecule has 0 aliphatic rings. The number of aromatic nitrogens is 1. The minimum atomic E-state index is -2.59. The Kier molecular flexibility index (Phi) is 4.67. The van der Waals surface area contributed by atoms with Crippen LogP contribution in [0.15, 0.2) is 6.20 Å². The Labute approximate surface area is 104 Å². The summed E-state index contributed by atoms with van der Waals surface area (Å²) in [5.41, 5.74) is 0.509. The van der Waals surface area contributed by atoms with Crippen molar-refractivity contribution < 1.29 is 8.78 Å². The van der Waals surface area contributed by atoms with Crippen molar-refractivity contribution in [2.45, 2.75) is 18.7 Å². The second-order valence-electron chi connectivity index (χ2n) is 2.71. The van der Waals surface area contributed by atoms with E-state index in [1.807, 2.05) is 6.07 Å². The van der Waals surface area contributed by atoms with Crippen LogP contribution in [-0.2, 0) is 12.3 Å². The van der Waals surface area contributed by atoms with Crippen LogP contribution >= 0.6 is 34.2 Å². The number of hydrogen-bond donors (Lipinski definition) is 0. The van der Waals surface area contributed by atoms with Gasteiger partial charge in [-0.3, -0.25) is 4.98 Å². The first-order chi connectivity index (χ1) is 7.11. The average molecular weight is 343 g/mol. The van der Waals surface area contributed by atoms with Crippen LogP contribution in [0.25, 0.3) is 0 Å². The van der Waals surface area contributed by atoms with Gasteiger partial charge in [-0.05, 0) is 28.2 Å². The lowest BCUT2D eigenvalue weighted by atomic mass is 10.1. The van der Waals surface area contributed by atoms with Crippen molar-refractivity contribution in [3.63, 3.8) is 0 Å². The van der Waals surface area contributed by atoms with Gasteiger partial charge in [0.25, 0.3) is 6.43 Å². The van der Waals surface area contributed by atoms with Gasteiger partial charge in [0, 0.05) is 21.2 Å². The van der Waals surface area contributed by atoms with Crippen molar-refractivity contribution in [3.8, 4) is 6.07 Å². The fraction of sp³-hybridized carbons (Fsp3) is 0.333. The molecule has 0 aromatic carbocycles. The summed E-state index contributed by atoms with van der Waals surface area (Å²) < 4.78 is 25.8. The zero-order valence-corrected chi connectivity index (χ0v) is 10.4. The minimum absolute atomic E-state index is 0.00130. The Morgan fingerprint density at radius 1 is 1.60 bits per heavy atom. The molecular weight excluding hydrogens is 336 g/mol. The molecule has 0 aliphatic carbocycles. The molecule has 0 bridgehead atoms. The molecule has 1 heterocycles. The van der Waals surface area contributed by atoms with Gasteiger partial charge in [0.1, 0.15) is 0 Å². The predicted molar refractivity (Wildman–Crippen MR) is 60.8 cm³/mol. The number of alkyl halides is 3. The standard InChI is InChI=1S/C9H6ClF2IN2/c10-3-5-7(1-2-14)15-4-6(13)8(5)9(11)12/h4,9H,1,3H2. The molecular formula is C9H6ClF2IN2. The highest BCUT2D eigenvalue weighted by Crippen LogP contribution is 2.30. The fourth-order valence-electron chi connectivity index (χ4n) is 1.19. The van der Waals surface area contributed by atoms with E-state index in [1.165, 1.54) is 6.20 Å². The molecule has 15 heavy (non-hydrogen) atoms. The number of nitriles is 1. The first-order valence-corrected chi connectivity index (χ1v) is 5.60. The van der Waals surface area contributed by atoms with Crippen LogP contribution in [0, 0.1) is 14.9 Å². The number of nitrogens with zero attached hydrogens (tertiary/aromatic N) is 2. The monoisotopic (exact) mass is 342 g/mol. The van der Waals surface area contributed by atoms with Crippen LogP contribution in [-0.4, -0.2) is 4.98 Å². The van der Waals surface area contributed by atoms with Crippen LogP contribution in [0.3, 0.4) is 0 Å². The van der Waals surface area contributed by atoms with Crippen LogP contribution in [0.2, 0.25) is 0 Å². The van der Waals surface area contributed by atoms with E-state index in [9.17, 15) is 8.78 Å². The van der Waals surface area contributed by atoms with Gasteiger partial charge >= 0.3 is 0 Å². The van der Waals surface area contributed by atoms with Crippen molar-refractivity contribution >= 4 is 34.2 Å². The molecule has 0 saturated carbocycles. The van der Waals surface area contributed by atoms with E-state index >= 15 is 0 Å². The fourth-order valence-corrected chi connectivity index (χ4v) is 2.19. The molecule has 1 rings (SSSR count). The third kappa shape index (κ3) is 2.75. The van der Waals surface area contributed by atoms with Crippen LogP contribution in [0.1, 0.15) is 23.2 Å². The summed E-state index contributed by atoms with van der Waals surface area (Å²) in [6, 6.07) is 1.88. The van der Waals surface area contributed by atoms with Gasteiger partial charge in [0.2, 0.25) is 0 Å². The van der Waals surface area contributed by atoms with Gasteiger partial charge in [-0.25, -0.2) is 8.78 Å². The minimum Gasteiger partial charge on any atom is -0.259 e. The molecule has 0 unspecified atom stereocenters. The second kappa shape index (κ2) is 5.56. The zero-order chi connectivity index (χ0) is 11.4. The van der Waals surface area contributed by atoms with E-state index in [4.69, 9.17) is 16.9 Å². The zero-order valence-electron chi connectivity index (χ0n) is 7.48. The van der Waals surface area contributed by atoms with Crippen LogP contribution in [0.5, 0.6) is 0 Å². The molecule has 0 saturated heterocycles.